The number of nitrogen functional groups attached to an aromatic ring is 1. The summed E-state index contributed by atoms with van der Waals surface area (Å²) in [5.41, 5.74) is 6.31. The van der Waals surface area contributed by atoms with E-state index in [4.69, 9.17) is 17.3 Å². The number of tetrazole rings is 1. The van der Waals surface area contributed by atoms with E-state index in [9.17, 15) is 4.79 Å². The Morgan fingerprint density at radius 3 is 2.88 bits per heavy atom. The van der Waals surface area contributed by atoms with Gasteiger partial charge in [-0.05, 0) is 23.4 Å². The van der Waals surface area contributed by atoms with Gasteiger partial charge in [0.05, 0.1) is 17.8 Å². The first-order valence-corrected chi connectivity index (χ1v) is 5.04. The van der Waals surface area contributed by atoms with E-state index in [2.05, 4.69) is 20.7 Å². The van der Waals surface area contributed by atoms with Crippen LogP contribution in [0, 0.1) is 0 Å². The zero-order valence-corrected chi connectivity index (χ0v) is 9.64. The molecule has 88 valence electrons. The Hall–Kier alpha value is -2.15. The normalized spacial score (nSPS) is 10.2. The van der Waals surface area contributed by atoms with Crippen molar-refractivity contribution in [2.75, 3.05) is 11.1 Å². The summed E-state index contributed by atoms with van der Waals surface area (Å²) in [4.78, 5) is 13.0. The highest BCUT2D eigenvalue weighted by Crippen LogP contribution is 2.19. The largest absolute Gasteiger partial charge is 0.398 e. The summed E-state index contributed by atoms with van der Waals surface area (Å²) < 4.78 is 0. The van der Waals surface area contributed by atoms with Crippen LogP contribution in [-0.2, 0) is 7.05 Å². The molecule has 17 heavy (non-hydrogen) atoms. The zero-order valence-electron chi connectivity index (χ0n) is 8.88. The van der Waals surface area contributed by atoms with Crippen molar-refractivity contribution >= 4 is 29.1 Å². The third-order valence-corrected chi connectivity index (χ3v) is 2.34. The second-order valence-corrected chi connectivity index (χ2v) is 3.70. The molecule has 1 amide bonds. The lowest BCUT2D eigenvalue weighted by Gasteiger charge is -2.02. The molecule has 7 nitrogen and oxygen atoms in total. The minimum absolute atomic E-state index is 0.131. The summed E-state index contributed by atoms with van der Waals surface area (Å²) >= 11 is 5.75. The van der Waals surface area contributed by atoms with Crippen LogP contribution in [-0.4, -0.2) is 26.1 Å². The lowest BCUT2D eigenvalue weighted by Crippen LogP contribution is -2.13. The number of nitrogens with one attached hydrogen (secondary N) is 1. The third kappa shape index (κ3) is 2.51. The van der Waals surface area contributed by atoms with Gasteiger partial charge in [0.1, 0.15) is 0 Å². The maximum absolute atomic E-state index is 11.8. The van der Waals surface area contributed by atoms with Crippen molar-refractivity contribution in [1.29, 1.82) is 0 Å². The van der Waals surface area contributed by atoms with Crippen LogP contribution in [0.4, 0.5) is 11.6 Å². The average molecular weight is 253 g/mol. The molecule has 0 atom stereocenters. The Morgan fingerprint density at radius 1 is 1.53 bits per heavy atom. The van der Waals surface area contributed by atoms with E-state index in [-0.39, 0.29) is 11.9 Å². The molecule has 0 spiro atoms. The number of carbonyl (C=O) groups excluding carboxylic acids is 1. The molecule has 0 saturated carbocycles. The van der Waals surface area contributed by atoms with Gasteiger partial charge >= 0.3 is 0 Å². The molecule has 0 aliphatic carbocycles. The van der Waals surface area contributed by atoms with Gasteiger partial charge < -0.3 is 5.73 Å². The van der Waals surface area contributed by atoms with E-state index in [1.807, 2.05) is 0 Å². The first-order chi connectivity index (χ1) is 8.06. The predicted octanol–water partition coefficient (Wildman–Crippen LogP) is 0.698. The average Bonchev–Trinajstić information content (AvgIpc) is 2.68. The highest BCUT2D eigenvalue weighted by molar-refractivity contribution is 6.33. The van der Waals surface area contributed by atoms with Gasteiger partial charge in [0, 0.05) is 5.56 Å². The maximum Gasteiger partial charge on any atom is 0.270 e. The van der Waals surface area contributed by atoms with Gasteiger partial charge in [0.2, 0.25) is 0 Å². The Bertz CT molecular complexity index is 566. The molecule has 0 bridgehead atoms. The number of nitrogens with two attached hydrogens (primary N) is 1. The van der Waals surface area contributed by atoms with Crippen molar-refractivity contribution in [3.63, 3.8) is 0 Å². The summed E-state index contributed by atoms with van der Waals surface area (Å²) in [6, 6.07) is 4.59. The highest BCUT2D eigenvalue weighted by Gasteiger charge is 2.10. The highest BCUT2D eigenvalue weighted by atomic mass is 35.5. The molecule has 0 aliphatic rings. The van der Waals surface area contributed by atoms with Gasteiger partial charge in [0.15, 0.2) is 0 Å². The number of hydrogen-bond acceptors (Lipinski definition) is 5. The van der Waals surface area contributed by atoms with E-state index >= 15 is 0 Å². The summed E-state index contributed by atoms with van der Waals surface area (Å²) in [6.07, 6.45) is 0. The number of aryl methyl sites for hydroxylation is 1. The van der Waals surface area contributed by atoms with Gasteiger partial charge in [-0.3, -0.25) is 10.1 Å². The second-order valence-electron chi connectivity index (χ2n) is 3.29. The smallest absolute Gasteiger partial charge is 0.270 e. The number of anilines is 2. The minimum atomic E-state index is -0.374. The predicted molar refractivity (Wildman–Crippen MR) is 62.6 cm³/mol. The number of aromatic nitrogens is 4. The van der Waals surface area contributed by atoms with E-state index in [1.165, 1.54) is 10.9 Å². The molecule has 1 aromatic heterocycles. The molecule has 0 saturated heterocycles. The van der Waals surface area contributed by atoms with Crippen LogP contribution in [0.5, 0.6) is 0 Å². The molecule has 0 fully saturated rings. The van der Waals surface area contributed by atoms with E-state index in [0.29, 0.717) is 16.3 Å². The molecule has 2 aromatic rings. The quantitative estimate of drug-likeness (QED) is 0.767. The number of rotatable bonds is 2. The first-order valence-electron chi connectivity index (χ1n) is 4.66. The van der Waals surface area contributed by atoms with E-state index in [1.54, 1.807) is 19.2 Å². The summed E-state index contributed by atoms with van der Waals surface area (Å²) in [6.45, 7) is 0. The van der Waals surface area contributed by atoms with Crippen molar-refractivity contribution in [1.82, 2.24) is 20.2 Å². The van der Waals surface area contributed by atoms with Crippen molar-refractivity contribution in [3.8, 4) is 0 Å². The number of amides is 1. The van der Waals surface area contributed by atoms with Gasteiger partial charge in [-0.1, -0.05) is 16.7 Å². The Balaban J connectivity index is 2.17. The number of benzene rings is 1. The second kappa shape index (κ2) is 4.38. The van der Waals surface area contributed by atoms with Crippen molar-refractivity contribution < 1.29 is 4.79 Å². The third-order valence-electron chi connectivity index (χ3n) is 1.99. The number of nitrogens with zero attached hydrogens (tertiary/aromatic N) is 4. The molecule has 8 heteroatoms. The number of carbonyl (C=O) groups is 1. The van der Waals surface area contributed by atoms with Gasteiger partial charge in [-0.2, -0.15) is 4.80 Å². The van der Waals surface area contributed by atoms with Crippen LogP contribution < -0.4 is 11.1 Å². The van der Waals surface area contributed by atoms with Crippen LogP contribution in [0.1, 0.15) is 10.4 Å². The van der Waals surface area contributed by atoms with Crippen LogP contribution in [0.25, 0.3) is 0 Å². The molecule has 0 aliphatic heterocycles. The molecule has 0 unspecified atom stereocenters. The molecular formula is C9H9ClN6O. The lowest BCUT2D eigenvalue weighted by molar-refractivity contribution is 0.102. The molecule has 3 N–H and O–H groups in total. The zero-order chi connectivity index (χ0) is 12.4. The van der Waals surface area contributed by atoms with Gasteiger partial charge in [-0.15, -0.1) is 5.10 Å². The Kier molecular flexibility index (Phi) is 2.92. The van der Waals surface area contributed by atoms with Crippen LogP contribution in [0.2, 0.25) is 5.02 Å². The minimum Gasteiger partial charge on any atom is -0.398 e. The molecule has 2 rings (SSSR count). The summed E-state index contributed by atoms with van der Waals surface area (Å²) in [5, 5.41) is 13.9. The fourth-order valence-electron chi connectivity index (χ4n) is 1.19. The molecule has 0 radical (unpaired) electrons. The van der Waals surface area contributed by atoms with Gasteiger partial charge in [-0.25, -0.2) is 0 Å². The van der Waals surface area contributed by atoms with Crippen LogP contribution >= 0.6 is 11.6 Å². The fraction of sp³-hybridized carbons (Fsp3) is 0.111. The molecule has 1 heterocycles. The summed E-state index contributed by atoms with van der Waals surface area (Å²) in [5.74, 6) is -0.243. The van der Waals surface area contributed by atoms with Crippen molar-refractivity contribution in [2.45, 2.75) is 0 Å². The SMILES string of the molecule is Cn1nnc(NC(=O)c2ccc(Cl)c(N)c2)n1. The summed E-state index contributed by atoms with van der Waals surface area (Å²) in [7, 11) is 1.60. The topological polar surface area (TPSA) is 98.7 Å². The van der Waals surface area contributed by atoms with Crippen molar-refractivity contribution in [2.24, 2.45) is 7.05 Å². The first kappa shape index (κ1) is 11.3. The molecule has 1 aromatic carbocycles. The van der Waals surface area contributed by atoms with Crippen LogP contribution in [0.15, 0.2) is 18.2 Å². The van der Waals surface area contributed by atoms with Crippen molar-refractivity contribution in [3.05, 3.63) is 28.8 Å². The van der Waals surface area contributed by atoms with E-state index in [0.717, 1.165) is 0 Å². The Morgan fingerprint density at radius 2 is 2.29 bits per heavy atom. The Labute approximate surface area is 102 Å². The lowest BCUT2D eigenvalue weighted by atomic mass is 10.2. The molecular weight excluding hydrogens is 244 g/mol. The van der Waals surface area contributed by atoms with Crippen LogP contribution in [0.3, 0.4) is 0 Å². The fourth-order valence-corrected chi connectivity index (χ4v) is 1.31. The number of halogens is 1. The monoisotopic (exact) mass is 252 g/mol. The van der Waals surface area contributed by atoms with E-state index < -0.39 is 0 Å². The standard InChI is InChI=1S/C9H9ClN6O/c1-16-14-9(13-15-16)12-8(17)5-2-3-6(10)7(11)4-5/h2-4H,11H2,1H3,(H,12,14,17). The van der Waals surface area contributed by atoms with Gasteiger partial charge in [0.25, 0.3) is 11.9 Å². The number of hydrogen-bond donors (Lipinski definition) is 2. The maximum atomic E-state index is 11.8.